The van der Waals surface area contributed by atoms with Crippen molar-refractivity contribution in [3.63, 3.8) is 0 Å². The van der Waals surface area contributed by atoms with Gasteiger partial charge in [-0.15, -0.1) is 0 Å². The van der Waals surface area contributed by atoms with Gasteiger partial charge in [-0.05, 0) is 0 Å². The number of halogens is 4. The van der Waals surface area contributed by atoms with Crippen LogP contribution in [0.2, 0.25) is 17.0 Å². The summed E-state index contributed by atoms with van der Waals surface area (Å²) in [4.78, 5) is 11.5. The SMILES string of the molecule is C[Se+](C)CC(=O)c1ccccc1.[Br][Sb-]([Br])([Br])[Br]. The summed E-state index contributed by atoms with van der Waals surface area (Å²) in [5, 5.41) is 0.768. The normalized spacial score (nSPS) is 11.7. The van der Waals surface area contributed by atoms with Gasteiger partial charge in [0, 0.05) is 0 Å². The van der Waals surface area contributed by atoms with E-state index < -0.39 is 23.7 Å². The van der Waals surface area contributed by atoms with Crippen molar-refractivity contribution in [2.75, 3.05) is 0 Å². The second-order valence-electron chi connectivity index (χ2n) is 3.30. The molecule has 0 unspecified atom stereocenters. The molecule has 17 heavy (non-hydrogen) atoms. The van der Waals surface area contributed by atoms with Crippen molar-refractivity contribution in [1.29, 1.82) is 0 Å². The summed E-state index contributed by atoms with van der Waals surface area (Å²) in [7, 11) is -1.85. The second kappa shape index (κ2) is 9.96. The first-order valence-corrected chi connectivity index (χ1v) is 32.0. The number of carbonyl (C=O) groups is 1. The Kier molecular flexibility index (Phi) is 11.2. The third-order valence-corrected chi connectivity index (χ3v) is 3.28. The fraction of sp³-hybridized carbons (Fsp3) is 0.300. The van der Waals surface area contributed by atoms with E-state index in [-0.39, 0.29) is 0 Å². The zero-order chi connectivity index (χ0) is 13.5. The first-order valence-electron chi connectivity index (χ1n) is 4.50. The van der Waals surface area contributed by atoms with Crippen LogP contribution in [-0.2, 0) is 0 Å². The Morgan fingerprint density at radius 3 is 1.88 bits per heavy atom. The summed E-state index contributed by atoms with van der Waals surface area (Å²) in [6.07, 6.45) is 0. The molecule has 0 radical (unpaired) electrons. The number of rotatable bonds is 3. The minimum absolute atomic E-state index is 0.297. The van der Waals surface area contributed by atoms with Crippen molar-refractivity contribution in [3.05, 3.63) is 35.9 Å². The molecule has 0 aromatic heterocycles. The van der Waals surface area contributed by atoms with Gasteiger partial charge in [-0.3, -0.25) is 0 Å². The molecule has 0 aliphatic rings. The molecule has 0 amide bonds. The maximum atomic E-state index is 11.5. The summed E-state index contributed by atoms with van der Waals surface area (Å²) in [5.74, 6) is 4.66. The number of benzene rings is 1. The molecule has 0 heterocycles. The van der Waals surface area contributed by atoms with E-state index in [0.717, 1.165) is 10.9 Å². The quantitative estimate of drug-likeness (QED) is 0.302. The predicted octanol–water partition coefficient (Wildman–Crippen LogP) is 5.63. The molecule has 1 nitrogen and oxygen atoms in total. The average molecular weight is 670 g/mol. The molecule has 7 heteroatoms. The van der Waals surface area contributed by atoms with Crippen LogP contribution in [0.4, 0.5) is 0 Å². The minimum atomic E-state index is -1.85. The van der Waals surface area contributed by atoms with Gasteiger partial charge in [0.15, 0.2) is 0 Å². The van der Waals surface area contributed by atoms with Gasteiger partial charge in [-0.25, -0.2) is 0 Å². The van der Waals surface area contributed by atoms with Crippen LogP contribution in [0.5, 0.6) is 0 Å². The van der Waals surface area contributed by atoms with Gasteiger partial charge in [0.05, 0.1) is 0 Å². The van der Waals surface area contributed by atoms with Crippen LogP contribution in [0.15, 0.2) is 30.3 Å². The molecular formula is C10H13Br4OSbSe. The van der Waals surface area contributed by atoms with Gasteiger partial charge in [0.2, 0.25) is 0 Å². The van der Waals surface area contributed by atoms with E-state index in [0.29, 0.717) is 5.78 Å². The molecule has 0 N–H and O–H groups in total. The van der Waals surface area contributed by atoms with Gasteiger partial charge >= 0.3 is 138 Å². The van der Waals surface area contributed by atoms with Crippen molar-refractivity contribution >= 4 is 79.9 Å². The Labute approximate surface area is 135 Å². The number of hydrogen-bond donors (Lipinski definition) is 0. The molecule has 0 atom stereocenters. The van der Waals surface area contributed by atoms with Crippen molar-refractivity contribution in [3.8, 4) is 0 Å². The second-order valence-corrected chi connectivity index (χ2v) is 77.1. The van der Waals surface area contributed by atoms with Crippen LogP contribution in [0.1, 0.15) is 10.4 Å². The standard InChI is InChI=1S/C10H13OSe.4BrH.Sb/c1-12(2)8-10(11)9-6-4-3-5-7-9;;;;;/h3-7H,8H2,1-2H3;4*1H;/q+1;;;;;+3/p-4. The molecule has 0 saturated carbocycles. The third kappa shape index (κ3) is 14.4. The van der Waals surface area contributed by atoms with E-state index in [1.165, 1.54) is 0 Å². The third-order valence-electron chi connectivity index (χ3n) is 1.52. The molecule has 0 aliphatic heterocycles. The summed E-state index contributed by atoms with van der Waals surface area (Å²) >= 11 is 12.7. The molecule has 98 valence electrons. The summed E-state index contributed by atoms with van der Waals surface area (Å²) in [5.41, 5.74) is 0.856. The van der Waals surface area contributed by atoms with Crippen LogP contribution in [-0.4, -0.2) is 29.5 Å². The Hall–Kier alpha value is 2.15. The average Bonchev–Trinajstić information content (AvgIpc) is 2.15. The fourth-order valence-electron chi connectivity index (χ4n) is 0.970. The molecule has 1 aromatic carbocycles. The van der Waals surface area contributed by atoms with E-state index >= 15 is 0 Å². The molecule has 1 rings (SSSR count). The Morgan fingerprint density at radius 1 is 1.12 bits per heavy atom. The van der Waals surface area contributed by atoms with Crippen LogP contribution in [0, 0.1) is 0 Å². The Bertz CT molecular complexity index is 334. The summed E-state index contributed by atoms with van der Waals surface area (Å²) < 4.78 is 0. The van der Waals surface area contributed by atoms with Gasteiger partial charge in [0.1, 0.15) is 0 Å². The van der Waals surface area contributed by atoms with Gasteiger partial charge in [-0.2, -0.15) is 0 Å². The van der Waals surface area contributed by atoms with Crippen LogP contribution < -0.4 is 0 Å². The van der Waals surface area contributed by atoms with Crippen molar-refractivity contribution in [1.82, 2.24) is 0 Å². The summed E-state index contributed by atoms with van der Waals surface area (Å²) in [6, 6.07) is 9.53. The monoisotopic (exact) mass is 666 g/mol. The first kappa shape index (κ1) is 19.1. The van der Waals surface area contributed by atoms with Gasteiger partial charge < -0.3 is 0 Å². The molecular weight excluding hydrogens is 656 g/mol. The zero-order valence-electron chi connectivity index (χ0n) is 9.37. The first-order chi connectivity index (χ1) is 7.70. The van der Waals surface area contributed by atoms with E-state index in [1.807, 2.05) is 30.3 Å². The topological polar surface area (TPSA) is 17.1 Å². The molecule has 0 aliphatic carbocycles. The van der Waals surface area contributed by atoms with Gasteiger partial charge in [0.25, 0.3) is 0 Å². The van der Waals surface area contributed by atoms with Crippen molar-refractivity contribution in [2.24, 2.45) is 0 Å². The summed E-state index contributed by atoms with van der Waals surface area (Å²) in [6.45, 7) is 0. The van der Waals surface area contributed by atoms with Crippen LogP contribution >= 0.6 is 50.4 Å². The number of Topliss-reactive ketones (excluding diaryl/α,β-unsaturated/α-hetero) is 1. The molecule has 0 fully saturated rings. The number of ketones is 1. The predicted molar refractivity (Wildman–Crippen MR) is 94.5 cm³/mol. The van der Waals surface area contributed by atoms with E-state index in [1.54, 1.807) is 0 Å². The molecule has 0 saturated heterocycles. The Balaban J connectivity index is 0.000000437. The van der Waals surface area contributed by atoms with E-state index in [2.05, 4.69) is 62.0 Å². The van der Waals surface area contributed by atoms with Crippen molar-refractivity contribution < 1.29 is 4.79 Å². The zero-order valence-corrected chi connectivity index (χ0v) is 20.0. The van der Waals surface area contributed by atoms with Crippen LogP contribution in [0.3, 0.4) is 0 Å². The molecule has 0 bridgehead atoms. The Morgan fingerprint density at radius 2 is 1.53 bits per heavy atom. The molecule has 1 aromatic rings. The fourth-order valence-corrected chi connectivity index (χ4v) is 2.42. The van der Waals surface area contributed by atoms with Gasteiger partial charge in [-0.1, -0.05) is 0 Å². The van der Waals surface area contributed by atoms with E-state index in [4.69, 9.17) is 0 Å². The van der Waals surface area contributed by atoms with Crippen LogP contribution in [0.25, 0.3) is 0 Å². The number of hydrogen-bond acceptors (Lipinski definition) is 1. The molecule has 0 spiro atoms. The number of carbonyl (C=O) groups excluding carboxylic acids is 1. The van der Waals surface area contributed by atoms with E-state index in [9.17, 15) is 4.79 Å². The maximum absolute atomic E-state index is 11.5. The van der Waals surface area contributed by atoms with Crippen molar-refractivity contribution in [2.45, 2.75) is 17.0 Å².